The average molecular weight is 180 g/mol. The fraction of sp³-hybridized carbons (Fsp3) is 0.125. The summed E-state index contributed by atoms with van der Waals surface area (Å²) in [5, 5.41) is 8.52. The van der Waals surface area contributed by atoms with Crippen molar-refractivity contribution in [2.45, 2.75) is 0 Å². The molecule has 1 aromatic heterocycles. The van der Waals surface area contributed by atoms with E-state index in [0.29, 0.717) is 0 Å². The number of nitrogens with zero attached hydrogens (tertiary/aromatic N) is 2. The molecule has 1 heterocycles. The smallest absolute Gasteiger partial charge is 0.342 e. The molecule has 0 unspecified atom stereocenters. The number of hydrogen-bond acceptors (Lipinski definition) is 4. The Morgan fingerprint density at radius 1 is 1.69 bits per heavy atom. The zero-order valence-electron chi connectivity index (χ0n) is 6.74. The average Bonchev–Trinajstić information content (AvgIpc) is 2.16. The van der Waals surface area contributed by atoms with Crippen molar-refractivity contribution in [1.82, 2.24) is 4.98 Å². The van der Waals surface area contributed by atoms with E-state index in [9.17, 15) is 9.18 Å². The Labute approximate surface area is 73.6 Å². The summed E-state index contributed by atoms with van der Waals surface area (Å²) in [7, 11) is 1.11. The Bertz CT molecular complexity index is 384. The summed E-state index contributed by atoms with van der Waals surface area (Å²) in [5.41, 5.74) is -0.508. The summed E-state index contributed by atoms with van der Waals surface area (Å²) in [4.78, 5) is 14.4. The van der Waals surface area contributed by atoms with E-state index in [0.717, 1.165) is 19.5 Å². The monoisotopic (exact) mass is 180 g/mol. The molecule has 0 aliphatic carbocycles. The van der Waals surface area contributed by atoms with Gasteiger partial charge in [0, 0.05) is 6.20 Å². The van der Waals surface area contributed by atoms with Gasteiger partial charge in [-0.15, -0.1) is 0 Å². The van der Waals surface area contributed by atoms with Crippen LogP contribution in [0.4, 0.5) is 4.39 Å². The molecule has 0 aliphatic rings. The molecule has 0 radical (unpaired) electrons. The van der Waals surface area contributed by atoms with Crippen molar-refractivity contribution in [3.8, 4) is 6.07 Å². The van der Waals surface area contributed by atoms with Gasteiger partial charge >= 0.3 is 5.97 Å². The first kappa shape index (κ1) is 9.13. The highest BCUT2D eigenvalue weighted by molar-refractivity contribution is 5.92. The summed E-state index contributed by atoms with van der Waals surface area (Å²) in [6.07, 6.45) is 1.96. The fourth-order valence-electron chi connectivity index (χ4n) is 0.829. The normalized spacial score (nSPS) is 9.00. The predicted molar refractivity (Wildman–Crippen MR) is 40.2 cm³/mol. The number of methoxy groups -OCH3 is 1. The van der Waals surface area contributed by atoms with Crippen LogP contribution in [0.1, 0.15) is 15.9 Å². The van der Waals surface area contributed by atoms with Gasteiger partial charge in [0.05, 0.1) is 18.9 Å². The number of halogens is 1. The van der Waals surface area contributed by atoms with E-state index in [-0.39, 0.29) is 11.1 Å². The highest BCUT2D eigenvalue weighted by atomic mass is 19.1. The number of nitriles is 1. The van der Waals surface area contributed by atoms with Crippen LogP contribution >= 0.6 is 0 Å². The lowest BCUT2D eigenvalue weighted by Crippen LogP contribution is -2.07. The minimum atomic E-state index is -0.878. The summed E-state index contributed by atoms with van der Waals surface area (Å²) < 4.78 is 17.3. The van der Waals surface area contributed by atoms with Gasteiger partial charge in [-0.1, -0.05) is 0 Å². The van der Waals surface area contributed by atoms with Crippen LogP contribution in [0.25, 0.3) is 0 Å². The molecule has 0 fully saturated rings. The third-order valence-electron chi connectivity index (χ3n) is 1.41. The van der Waals surface area contributed by atoms with Gasteiger partial charge < -0.3 is 4.74 Å². The lowest BCUT2D eigenvalue weighted by atomic mass is 10.1. The topological polar surface area (TPSA) is 63.0 Å². The third kappa shape index (κ3) is 1.62. The zero-order valence-corrected chi connectivity index (χ0v) is 6.74. The molecule has 0 saturated carbocycles. The number of carbonyl (C=O) groups excluding carboxylic acids is 1. The van der Waals surface area contributed by atoms with Crippen molar-refractivity contribution >= 4 is 5.97 Å². The number of ether oxygens (including phenoxy) is 1. The maximum absolute atomic E-state index is 13.0. The van der Waals surface area contributed by atoms with Gasteiger partial charge in [-0.3, -0.25) is 4.98 Å². The molecule has 66 valence electrons. The van der Waals surface area contributed by atoms with Crippen molar-refractivity contribution in [2.75, 3.05) is 7.11 Å². The van der Waals surface area contributed by atoms with Crippen molar-refractivity contribution in [1.29, 1.82) is 5.26 Å². The molecule has 4 nitrogen and oxygen atoms in total. The van der Waals surface area contributed by atoms with Gasteiger partial charge in [-0.05, 0) is 0 Å². The maximum Gasteiger partial charge on any atom is 0.342 e. The minimum Gasteiger partial charge on any atom is -0.465 e. The largest absolute Gasteiger partial charge is 0.465 e. The Morgan fingerprint density at radius 3 is 2.92 bits per heavy atom. The molecule has 1 aromatic rings. The highest BCUT2D eigenvalue weighted by Gasteiger charge is 2.17. The van der Waals surface area contributed by atoms with Gasteiger partial charge in [0.2, 0.25) is 0 Å². The minimum absolute atomic E-state index is 0.133. The van der Waals surface area contributed by atoms with Gasteiger partial charge in [-0.2, -0.15) is 5.26 Å². The van der Waals surface area contributed by atoms with Gasteiger partial charge in [0.25, 0.3) is 0 Å². The Hall–Kier alpha value is -1.96. The quantitative estimate of drug-likeness (QED) is 0.602. The van der Waals surface area contributed by atoms with Gasteiger partial charge in [0.1, 0.15) is 11.6 Å². The molecular formula is C8H5FN2O2. The van der Waals surface area contributed by atoms with Crippen LogP contribution in [0.5, 0.6) is 0 Å². The van der Waals surface area contributed by atoms with E-state index < -0.39 is 11.8 Å². The predicted octanol–water partition coefficient (Wildman–Crippen LogP) is 0.879. The number of rotatable bonds is 1. The molecular weight excluding hydrogens is 175 g/mol. The second kappa shape index (κ2) is 3.63. The molecule has 0 saturated heterocycles. The standard InChI is InChI=1S/C8H5FN2O2/c1-13-8(12)7-5(2-10)3-11-4-6(7)9/h3-4H,1H3. The molecule has 0 N–H and O–H groups in total. The number of pyridine rings is 1. The van der Waals surface area contributed by atoms with E-state index in [1.165, 1.54) is 0 Å². The first-order chi connectivity index (χ1) is 6.20. The summed E-state index contributed by atoms with van der Waals surface area (Å²) in [6, 6.07) is 1.65. The van der Waals surface area contributed by atoms with E-state index in [1.54, 1.807) is 6.07 Å². The molecule has 0 aromatic carbocycles. The SMILES string of the molecule is COC(=O)c1c(F)cncc1C#N. The Kier molecular flexibility index (Phi) is 2.55. The molecule has 0 atom stereocenters. The highest BCUT2D eigenvalue weighted by Crippen LogP contribution is 2.11. The number of carbonyl (C=O) groups is 1. The molecule has 0 aliphatic heterocycles. The van der Waals surface area contributed by atoms with Crippen molar-refractivity contribution in [3.05, 3.63) is 29.3 Å². The van der Waals surface area contributed by atoms with Crippen LogP contribution in [0.15, 0.2) is 12.4 Å². The lowest BCUT2D eigenvalue weighted by molar-refractivity contribution is 0.0595. The van der Waals surface area contributed by atoms with Crippen LogP contribution in [0, 0.1) is 17.1 Å². The maximum atomic E-state index is 13.0. The van der Waals surface area contributed by atoms with Crippen LogP contribution in [-0.2, 0) is 4.74 Å². The van der Waals surface area contributed by atoms with Crippen molar-refractivity contribution in [2.24, 2.45) is 0 Å². The zero-order chi connectivity index (χ0) is 9.84. The van der Waals surface area contributed by atoms with Crippen LogP contribution in [-0.4, -0.2) is 18.1 Å². The van der Waals surface area contributed by atoms with Crippen LogP contribution in [0.2, 0.25) is 0 Å². The van der Waals surface area contributed by atoms with Crippen molar-refractivity contribution < 1.29 is 13.9 Å². The van der Waals surface area contributed by atoms with E-state index in [2.05, 4.69) is 9.72 Å². The van der Waals surface area contributed by atoms with E-state index in [1.807, 2.05) is 0 Å². The molecule has 1 rings (SSSR count). The molecule has 0 bridgehead atoms. The van der Waals surface area contributed by atoms with Crippen LogP contribution < -0.4 is 0 Å². The number of esters is 1. The Balaban J connectivity index is 3.33. The molecule has 0 amide bonds. The van der Waals surface area contributed by atoms with E-state index in [4.69, 9.17) is 5.26 Å². The number of hydrogen-bond donors (Lipinski definition) is 0. The second-order valence-corrected chi connectivity index (χ2v) is 2.15. The number of aromatic nitrogens is 1. The van der Waals surface area contributed by atoms with Gasteiger partial charge in [-0.25, -0.2) is 9.18 Å². The molecule has 5 heteroatoms. The van der Waals surface area contributed by atoms with Gasteiger partial charge in [0.15, 0.2) is 5.82 Å². The fourth-order valence-corrected chi connectivity index (χ4v) is 0.829. The Morgan fingerprint density at radius 2 is 2.38 bits per heavy atom. The molecule has 13 heavy (non-hydrogen) atoms. The first-order valence-electron chi connectivity index (χ1n) is 3.32. The summed E-state index contributed by atoms with van der Waals surface area (Å²) in [6.45, 7) is 0. The summed E-state index contributed by atoms with van der Waals surface area (Å²) in [5.74, 6) is -1.73. The summed E-state index contributed by atoms with van der Waals surface area (Å²) >= 11 is 0. The van der Waals surface area contributed by atoms with E-state index >= 15 is 0 Å². The third-order valence-corrected chi connectivity index (χ3v) is 1.41. The lowest BCUT2D eigenvalue weighted by Gasteiger charge is -2.01. The van der Waals surface area contributed by atoms with Crippen LogP contribution in [0.3, 0.4) is 0 Å². The first-order valence-corrected chi connectivity index (χ1v) is 3.32. The molecule has 0 spiro atoms. The van der Waals surface area contributed by atoms with Crippen molar-refractivity contribution in [3.63, 3.8) is 0 Å². The second-order valence-electron chi connectivity index (χ2n) is 2.15.